The van der Waals surface area contributed by atoms with Gasteiger partial charge in [-0.3, -0.25) is 4.99 Å². The van der Waals surface area contributed by atoms with E-state index in [0.29, 0.717) is 0 Å². The van der Waals surface area contributed by atoms with Crippen LogP contribution in [0.4, 0.5) is 0 Å². The van der Waals surface area contributed by atoms with E-state index in [-0.39, 0.29) is 6.17 Å². The van der Waals surface area contributed by atoms with E-state index in [1.54, 1.807) is 0 Å². The highest BCUT2D eigenvalue weighted by Crippen LogP contribution is 2.46. The zero-order chi connectivity index (χ0) is 39.1. The molecule has 0 bridgehead atoms. The molecule has 0 aromatic heterocycles. The first-order valence-electron chi connectivity index (χ1n) is 19.9. The first-order valence-corrected chi connectivity index (χ1v) is 19.9. The minimum Gasteiger partial charge on any atom is -0.360 e. The topological polar surface area (TPSA) is 24.4 Å². The van der Waals surface area contributed by atoms with Crippen LogP contribution in [0.25, 0.3) is 71.4 Å². The molecule has 57 heavy (non-hydrogen) atoms. The minimum absolute atomic E-state index is 0.384. The second-order valence-electron chi connectivity index (χ2n) is 14.0. The summed E-state index contributed by atoms with van der Waals surface area (Å²) in [6.07, 6.45) is -0.384. The van der Waals surface area contributed by atoms with Crippen molar-refractivity contribution in [2.75, 3.05) is 0 Å². The molecule has 0 aliphatic rings. The van der Waals surface area contributed by atoms with Crippen LogP contribution in [-0.2, 0) is 0 Å². The smallest absolute Gasteiger partial charge is 0.145 e. The van der Waals surface area contributed by atoms with Crippen molar-refractivity contribution in [1.29, 1.82) is 0 Å². The molecule has 0 amide bonds. The molecule has 0 spiro atoms. The lowest BCUT2D eigenvalue weighted by atomic mass is 9.84. The van der Waals surface area contributed by atoms with Gasteiger partial charge in [0, 0.05) is 11.4 Å². The van der Waals surface area contributed by atoms with E-state index in [4.69, 9.17) is 4.99 Å². The molecule has 9 aromatic rings. The number of fused-ring (bicyclic) bond motifs is 3. The average Bonchev–Trinajstić information content (AvgIpc) is 3.29. The number of benzene rings is 9. The van der Waals surface area contributed by atoms with Crippen LogP contribution in [0, 0.1) is 0 Å². The van der Waals surface area contributed by atoms with E-state index < -0.39 is 0 Å². The fourth-order valence-electron chi connectivity index (χ4n) is 7.92. The van der Waals surface area contributed by atoms with Gasteiger partial charge in [0.2, 0.25) is 0 Å². The summed E-state index contributed by atoms with van der Waals surface area (Å²) >= 11 is 0. The quantitative estimate of drug-likeness (QED) is 0.116. The minimum atomic E-state index is -0.384. The Morgan fingerprint density at radius 2 is 0.965 bits per heavy atom. The number of nitrogens with zero attached hydrogens (tertiary/aromatic N) is 1. The van der Waals surface area contributed by atoms with Gasteiger partial charge in [0.25, 0.3) is 0 Å². The summed E-state index contributed by atoms with van der Waals surface area (Å²) in [6, 6.07) is 71.5. The van der Waals surface area contributed by atoms with Crippen molar-refractivity contribution in [2.45, 2.75) is 26.9 Å². The third-order valence-electron chi connectivity index (χ3n) is 10.6. The molecule has 2 heteroatoms. The maximum Gasteiger partial charge on any atom is 0.145 e. The molecule has 2 nitrogen and oxygen atoms in total. The third-order valence-corrected chi connectivity index (χ3v) is 10.6. The molecule has 0 saturated carbocycles. The Morgan fingerprint density at radius 1 is 0.456 bits per heavy atom. The fourth-order valence-corrected chi connectivity index (χ4v) is 7.92. The highest BCUT2D eigenvalue weighted by Gasteiger charge is 2.21. The monoisotopic (exact) mass is 734 g/mol. The summed E-state index contributed by atoms with van der Waals surface area (Å²) in [6.45, 7) is 10.5. The first-order chi connectivity index (χ1) is 28.1. The van der Waals surface area contributed by atoms with E-state index in [1.807, 2.05) is 38.1 Å². The van der Waals surface area contributed by atoms with E-state index in [1.165, 1.54) is 65.7 Å². The molecule has 9 aromatic carbocycles. The first kappa shape index (κ1) is 36.9. The van der Waals surface area contributed by atoms with Gasteiger partial charge in [-0.2, -0.15) is 0 Å². The summed E-state index contributed by atoms with van der Waals surface area (Å²) in [4.78, 5) is 5.35. The van der Waals surface area contributed by atoms with Crippen LogP contribution >= 0.6 is 0 Å². The molecule has 0 aliphatic carbocycles. The summed E-state index contributed by atoms with van der Waals surface area (Å²) in [5, 5.41) is 11.0. The van der Waals surface area contributed by atoms with Crippen LogP contribution in [0.1, 0.15) is 43.6 Å². The Balaban J connectivity index is 0.00000224. The second kappa shape index (κ2) is 16.8. The molecule has 9 rings (SSSR count). The van der Waals surface area contributed by atoms with Crippen molar-refractivity contribution < 1.29 is 0 Å². The molecule has 1 unspecified atom stereocenters. The van der Waals surface area contributed by atoms with Gasteiger partial charge < -0.3 is 5.32 Å². The SMILES string of the molecule is C=C(NC(/N=C(\C)c1ccccc1)c1ccc2c(-c3ccccc3)c3cc(-c4cccc5ccccc45)ccc3c(-c3ccccc3)c2c1)c1ccccc1.CC. The van der Waals surface area contributed by atoms with Gasteiger partial charge in [-0.25, -0.2) is 0 Å². The molecule has 1 N–H and O–H groups in total. The summed E-state index contributed by atoms with van der Waals surface area (Å²) in [5.74, 6) is 0. The highest BCUT2D eigenvalue weighted by atomic mass is 15.1. The maximum atomic E-state index is 5.35. The number of rotatable bonds is 9. The molecule has 0 saturated heterocycles. The molecular formula is C55H46N2. The Hall–Kier alpha value is -7.03. The average molecular weight is 735 g/mol. The Kier molecular flexibility index (Phi) is 10.9. The zero-order valence-corrected chi connectivity index (χ0v) is 32.8. The fraction of sp³-hybridized carbons (Fsp3) is 0.0727. The second-order valence-corrected chi connectivity index (χ2v) is 14.0. The van der Waals surface area contributed by atoms with Crippen molar-refractivity contribution in [3.8, 4) is 33.4 Å². The van der Waals surface area contributed by atoms with Crippen molar-refractivity contribution in [3.05, 3.63) is 223 Å². The van der Waals surface area contributed by atoms with Crippen molar-refractivity contribution >= 4 is 43.7 Å². The standard InChI is InChI=1S/C53H40N2.C2H6/c1-36(38-18-7-3-8-19-38)54-53(55-37(2)39-20-9-4-10-21-39)44-31-33-48-50(35-44)52(42-25-13-6-14-26-42)47-32-30-43(34-49(47)51(48)41-23-11-5-12-24-41)46-29-17-27-40-22-15-16-28-45(40)46;1-2/h3-35,53-54H,1H2,2H3;1-2H3/b55-37+;. The van der Waals surface area contributed by atoms with Crippen LogP contribution in [0.5, 0.6) is 0 Å². The largest absolute Gasteiger partial charge is 0.360 e. The van der Waals surface area contributed by atoms with Gasteiger partial charge in [-0.05, 0) is 101 Å². The number of aliphatic imine (C=N–C) groups is 1. The van der Waals surface area contributed by atoms with E-state index >= 15 is 0 Å². The number of nitrogens with one attached hydrogen (secondary N) is 1. The van der Waals surface area contributed by atoms with Gasteiger partial charge in [0.1, 0.15) is 6.17 Å². The van der Waals surface area contributed by atoms with Gasteiger partial charge in [0.05, 0.1) is 0 Å². The number of hydrogen-bond donors (Lipinski definition) is 1. The van der Waals surface area contributed by atoms with Crippen LogP contribution in [0.15, 0.2) is 212 Å². The Morgan fingerprint density at radius 3 is 1.60 bits per heavy atom. The predicted molar refractivity (Wildman–Crippen MR) is 247 cm³/mol. The summed E-state index contributed by atoms with van der Waals surface area (Å²) < 4.78 is 0. The van der Waals surface area contributed by atoms with Gasteiger partial charge >= 0.3 is 0 Å². The van der Waals surface area contributed by atoms with Crippen LogP contribution in [0.2, 0.25) is 0 Å². The predicted octanol–water partition coefficient (Wildman–Crippen LogP) is 14.9. The molecule has 276 valence electrons. The molecule has 0 heterocycles. The lowest BCUT2D eigenvalue weighted by Crippen LogP contribution is -2.19. The van der Waals surface area contributed by atoms with Crippen LogP contribution in [-0.4, -0.2) is 5.71 Å². The van der Waals surface area contributed by atoms with Gasteiger partial charge in [-0.1, -0.05) is 208 Å². The maximum absolute atomic E-state index is 5.35. The van der Waals surface area contributed by atoms with Gasteiger partial charge in [0.15, 0.2) is 0 Å². The highest BCUT2D eigenvalue weighted by molar-refractivity contribution is 6.22. The summed E-state index contributed by atoms with van der Waals surface area (Å²) in [7, 11) is 0. The van der Waals surface area contributed by atoms with E-state index in [2.05, 4.69) is 195 Å². The van der Waals surface area contributed by atoms with E-state index in [9.17, 15) is 0 Å². The molecule has 0 aliphatic heterocycles. The summed E-state index contributed by atoms with van der Waals surface area (Å²) in [5.41, 5.74) is 12.2. The Bertz CT molecular complexity index is 2840. The zero-order valence-electron chi connectivity index (χ0n) is 32.8. The molecule has 0 radical (unpaired) electrons. The van der Waals surface area contributed by atoms with Crippen molar-refractivity contribution in [2.24, 2.45) is 4.99 Å². The van der Waals surface area contributed by atoms with Crippen LogP contribution < -0.4 is 5.32 Å². The molecule has 0 fully saturated rings. The lowest BCUT2D eigenvalue weighted by Gasteiger charge is -2.23. The van der Waals surface area contributed by atoms with E-state index in [0.717, 1.165) is 28.1 Å². The van der Waals surface area contributed by atoms with Crippen molar-refractivity contribution in [1.82, 2.24) is 5.32 Å². The number of hydrogen-bond acceptors (Lipinski definition) is 2. The lowest BCUT2D eigenvalue weighted by molar-refractivity contribution is 0.671. The molecular weight excluding hydrogens is 689 g/mol. The third kappa shape index (κ3) is 7.51. The normalized spacial score (nSPS) is 11.9. The van der Waals surface area contributed by atoms with Crippen molar-refractivity contribution in [3.63, 3.8) is 0 Å². The van der Waals surface area contributed by atoms with Crippen LogP contribution in [0.3, 0.4) is 0 Å². The van der Waals surface area contributed by atoms with Gasteiger partial charge in [-0.15, -0.1) is 0 Å². The molecule has 1 atom stereocenters. The Labute approximate surface area is 336 Å².